The predicted molar refractivity (Wildman–Crippen MR) is 78.8 cm³/mol. The van der Waals surface area contributed by atoms with Crippen molar-refractivity contribution < 1.29 is 4.74 Å². The van der Waals surface area contributed by atoms with Gasteiger partial charge in [-0.2, -0.15) is 0 Å². The van der Waals surface area contributed by atoms with Gasteiger partial charge in [0.05, 0.1) is 22.3 Å². The third kappa shape index (κ3) is 2.67. The molecule has 1 aliphatic heterocycles. The molecule has 0 amide bonds. The predicted octanol–water partition coefficient (Wildman–Crippen LogP) is 3.87. The lowest BCUT2D eigenvalue weighted by Crippen LogP contribution is -2.32. The van der Waals surface area contributed by atoms with E-state index in [1.807, 2.05) is 24.3 Å². The minimum absolute atomic E-state index is 0.317. The maximum atomic E-state index is 6.21. The summed E-state index contributed by atoms with van der Waals surface area (Å²) in [6.07, 6.45) is 4.17. The number of rotatable bonds is 2. The first kappa shape index (κ1) is 12.7. The normalized spacial score (nSPS) is 23.5. The molecule has 0 saturated carbocycles. The van der Waals surface area contributed by atoms with Crippen molar-refractivity contribution in [3.63, 3.8) is 0 Å². The van der Waals surface area contributed by atoms with Crippen molar-refractivity contribution in [2.75, 3.05) is 11.9 Å². The lowest BCUT2D eigenvalue weighted by Gasteiger charge is -2.29. The van der Waals surface area contributed by atoms with Crippen LogP contribution in [0.15, 0.2) is 30.5 Å². The molecule has 3 nitrogen and oxygen atoms in total. The molecule has 1 aliphatic rings. The number of pyridine rings is 1. The van der Waals surface area contributed by atoms with Gasteiger partial charge < -0.3 is 10.1 Å². The fourth-order valence-electron chi connectivity index (χ4n) is 2.60. The number of halogens is 1. The van der Waals surface area contributed by atoms with Crippen LogP contribution < -0.4 is 5.32 Å². The first-order chi connectivity index (χ1) is 9.24. The fraction of sp³-hybridized carbons (Fsp3) is 0.400. The molecule has 1 saturated heterocycles. The van der Waals surface area contributed by atoms with E-state index in [4.69, 9.17) is 16.3 Å². The lowest BCUT2D eigenvalue weighted by molar-refractivity contribution is 0.0232. The number of aromatic nitrogens is 1. The Morgan fingerprint density at radius 2 is 2.26 bits per heavy atom. The van der Waals surface area contributed by atoms with Crippen LogP contribution in [0, 0.1) is 0 Å². The summed E-state index contributed by atoms with van der Waals surface area (Å²) in [7, 11) is 0. The zero-order valence-corrected chi connectivity index (χ0v) is 11.7. The van der Waals surface area contributed by atoms with Gasteiger partial charge in [0.25, 0.3) is 0 Å². The molecule has 1 aromatic carbocycles. The highest BCUT2D eigenvalue weighted by Crippen LogP contribution is 2.29. The summed E-state index contributed by atoms with van der Waals surface area (Å²) in [5.41, 5.74) is 1.99. The van der Waals surface area contributed by atoms with Crippen molar-refractivity contribution in [1.82, 2.24) is 4.98 Å². The maximum absolute atomic E-state index is 6.21. The molecule has 0 bridgehead atoms. The molecule has 2 heterocycles. The van der Waals surface area contributed by atoms with E-state index in [-0.39, 0.29) is 0 Å². The summed E-state index contributed by atoms with van der Waals surface area (Å²) < 4.78 is 5.58. The highest BCUT2D eigenvalue weighted by atomic mass is 35.5. The van der Waals surface area contributed by atoms with Crippen molar-refractivity contribution in [2.45, 2.75) is 31.9 Å². The molecule has 4 heteroatoms. The fourth-order valence-corrected chi connectivity index (χ4v) is 2.82. The van der Waals surface area contributed by atoms with Crippen LogP contribution in [0.4, 0.5) is 5.69 Å². The number of nitrogens with one attached hydrogen (secondary N) is 1. The van der Waals surface area contributed by atoms with E-state index in [1.165, 1.54) is 0 Å². The van der Waals surface area contributed by atoms with Crippen LogP contribution >= 0.6 is 11.6 Å². The Hall–Kier alpha value is -1.32. The summed E-state index contributed by atoms with van der Waals surface area (Å²) >= 11 is 6.21. The molecule has 0 radical (unpaired) electrons. The van der Waals surface area contributed by atoms with Gasteiger partial charge in [-0.3, -0.25) is 4.98 Å². The Morgan fingerprint density at radius 3 is 3.11 bits per heavy atom. The van der Waals surface area contributed by atoms with Gasteiger partial charge in [0.15, 0.2) is 0 Å². The summed E-state index contributed by atoms with van der Waals surface area (Å²) in [5, 5.41) is 5.32. The van der Waals surface area contributed by atoms with Crippen LogP contribution in [0.25, 0.3) is 10.9 Å². The van der Waals surface area contributed by atoms with E-state index in [0.717, 1.165) is 41.1 Å². The minimum atomic E-state index is 0.317. The average molecular weight is 277 g/mol. The van der Waals surface area contributed by atoms with Gasteiger partial charge in [-0.15, -0.1) is 0 Å². The Balaban J connectivity index is 1.90. The third-order valence-electron chi connectivity index (χ3n) is 3.56. The quantitative estimate of drug-likeness (QED) is 0.904. The Bertz CT molecular complexity index is 587. The van der Waals surface area contributed by atoms with Gasteiger partial charge in [0, 0.05) is 24.2 Å². The number of hydrogen-bond donors (Lipinski definition) is 1. The Labute approximate surface area is 117 Å². The number of nitrogens with zero attached hydrogens (tertiary/aromatic N) is 1. The topological polar surface area (TPSA) is 34.2 Å². The Kier molecular flexibility index (Phi) is 3.58. The van der Waals surface area contributed by atoms with Crippen molar-refractivity contribution in [3.8, 4) is 0 Å². The number of benzene rings is 1. The number of anilines is 1. The maximum Gasteiger partial charge on any atom is 0.0948 e. The van der Waals surface area contributed by atoms with Crippen LogP contribution in [0.3, 0.4) is 0 Å². The van der Waals surface area contributed by atoms with E-state index < -0.39 is 0 Å². The second-order valence-corrected chi connectivity index (χ2v) is 5.45. The smallest absolute Gasteiger partial charge is 0.0948 e. The van der Waals surface area contributed by atoms with Crippen molar-refractivity contribution >= 4 is 28.2 Å². The van der Waals surface area contributed by atoms with Crippen molar-refractivity contribution in [2.24, 2.45) is 0 Å². The van der Waals surface area contributed by atoms with Crippen LogP contribution in [-0.2, 0) is 4.74 Å². The van der Waals surface area contributed by atoms with E-state index in [1.54, 1.807) is 6.20 Å². The molecule has 1 N–H and O–H groups in total. The first-order valence-electron chi connectivity index (χ1n) is 6.65. The monoisotopic (exact) mass is 276 g/mol. The average Bonchev–Trinajstić information content (AvgIpc) is 2.42. The van der Waals surface area contributed by atoms with Crippen LogP contribution in [0.2, 0.25) is 5.02 Å². The van der Waals surface area contributed by atoms with Gasteiger partial charge in [-0.1, -0.05) is 11.6 Å². The zero-order chi connectivity index (χ0) is 13.2. The molecule has 0 spiro atoms. The van der Waals surface area contributed by atoms with Gasteiger partial charge in [-0.05, 0) is 44.0 Å². The van der Waals surface area contributed by atoms with Gasteiger partial charge in [-0.25, -0.2) is 0 Å². The summed E-state index contributed by atoms with van der Waals surface area (Å²) in [6, 6.07) is 8.29. The second-order valence-electron chi connectivity index (χ2n) is 5.04. The molecule has 2 aromatic rings. The van der Waals surface area contributed by atoms with E-state index in [0.29, 0.717) is 12.1 Å². The zero-order valence-electron chi connectivity index (χ0n) is 10.9. The summed E-state index contributed by atoms with van der Waals surface area (Å²) in [6.45, 7) is 2.93. The molecule has 1 aromatic heterocycles. The van der Waals surface area contributed by atoms with Crippen LogP contribution in [0.1, 0.15) is 19.8 Å². The van der Waals surface area contributed by atoms with Crippen LogP contribution in [-0.4, -0.2) is 23.7 Å². The summed E-state index contributed by atoms with van der Waals surface area (Å²) in [4.78, 5) is 4.45. The molecule has 2 unspecified atom stereocenters. The highest BCUT2D eigenvalue weighted by Gasteiger charge is 2.20. The SMILES string of the molecule is CC1CC(Nc2ccc(Cl)c3cccnc23)CCO1. The molecule has 100 valence electrons. The molecule has 3 rings (SSSR count). The molecule has 0 aliphatic carbocycles. The third-order valence-corrected chi connectivity index (χ3v) is 3.89. The lowest BCUT2D eigenvalue weighted by atomic mass is 10.0. The molecule has 19 heavy (non-hydrogen) atoms. The molecular formula is C15H17ClN2O. The van der Waals surface area contributed by atoms with Crippen molar-refractivity contribution in [3.05, 3.63) is 35.5 Å². The summed E-state index contributed by atoms with van der Waals surface area (Å²) in [5.74, 6) is 0. The minimum Gasteiger partial charge on any atom is -0.380 e. The molecule has 1 fully saturated rings. The van der Waals surface area contributed by atoms with Crippen molar-refractivity contribution in [1.29, 1.82) is 0 Å². The molecular weight excluding hydrogens is 260 g/mol. The van der Waals surface area contributed by atoms with Gasteiger partial charge >= 0.3 is 0 Å². The van der Waals surface area contributed by atoms with E-state index >= 15 is 0 Å². The van der Waals surface area contributed by atoms with Gasteiger partial charge in [0.1, 0.15) is 0 Å². The Morgan fingerprint density at radius 1 is 1.37 bits per heavy atom. The number of fused-ring (bicyclic) bond motifs is 1. The first-order valence-corrected chi connectivity index (χ1v) is 7.03. The van der Waals surface area contributed by atoms with Gasteiger partial charge in [0.2, 0.25) is 0 Å². The second kappa shape index (κ2) is 5.35. The largest absolute Gasteiger partial charge is 0.380 e. The van der Waals surface area contributed by atoms with E-state index in [2.05, 4.69) is 17.2 Å². The number of hydrogen-bond acceptors (Lipinski definition) is 3. The van der Waals surface area contributed by atoms with E-state index in [9.17, 15) is 0 Å². The highest BCUT2D eigenvalue weighted by molar-refractivity contribution is 6.35. The standard InChI is InChI=1S/C15H17ClN2O/c1-10-9-11(6-8-19-10)18-14-5-4-13(16)12-3-2-7-17-15(12)14/h2-5,7,10-11,18H,6,8-9H2,1H3. The molecule has 2 atom stereocenters. The van der Waals surface area contributed by atoms with Crippen LogP contribution in [0.5, 0.6) is 0 Å². The number of ether oxygens (including phenoxy) is 1.